The first-order valence-electron chi connectivity index (χ1n) is 6.26. The molecule has 0 saturated heterocycles. The number of hydrogen-bond donors (Lipinski definition) is 1. The van der Waals surface area contributed by atoms with Crippen LogP contribution in [0.4, 0.5) is 5.69 Å². The fourth-order valence-electron chi connectivity index (χ4n) is 1.89. The van der Waals surface area contributed by atoms with E-state index in [-0.39, 0.29) is 0 Å². The maximum atomic E-state index is 11.6. The molecule has 2 aromatic carbocycles. The average molecular weight is 389 g/mol. The number of anilines is 1. The summed E-state index contributed by atoms with van der Waals surface area (Å²) in [6, 6.07) is 10.6. The van der Waals surface area contributed by atoms with E-state index >= 15 is 0 Å². The number of rotatable bonds is 4. The van der Waals surface area contributed by atoms with Gasteiger partial charge in [-0.15, -0.1) is 0 Å². The van der Waals surface area contributed by atoms with Gasteiger partial charge in [0.1, 0.15) is 0 Å². The predicted octanol–water partition coefficient (Wildman–Crippen LogP) is 4.43. The number of nitrogens with one attached hydrogen (secondary N) is 1. The standard InChI is InChI=1S/C15H15BrClNO2S/c1-10-3-5-13(21(2,19)20)8-15(10)18-9-11-7-12(17)4-6-14(11)16/h3-8,18H,9H2,1-2H3. The van der Waals surface area contributed by atoms with E-state index in [0.29, 0.717) is 16.5 Å². The molecule has 0 spiro atoms. The van der Waals surface area contributed by atoms with Crippen LogP contribution in [0.15, 0.2) is 45.8 Å². The highest BCUT2D eigenvalue weighted by Gasteiger charge is 2.10. The van der Waals surface area contributed by atoms with E-state index in [1.54, 1.807) is 18.2 Å². The van der Waals surface area contributed by atoms with Gasteiger partial charge in [-0.3, -0.25) is 0 Å². The molecule has 0 atom stereocenters. The maximum absolute atomic E-state index is 11.6. The zero-order valence-electron chi connectivity index (χ0n) is 11.7. The van der Waals surface area contributed by atoms with E-state index in [1.807, 2.05) is 25.1 Å². The molecular weight excluding hydrogens is 374 g/mol. The van der Waals surface area contributed by atoms with E-state index in [2.05, 4.69) is 21.2 Å². The second-order valence-corrected chi connectivity index (χ2v) is 8.14. The normalized spacial score (nSPS) is 11.4. The van der Waals surface area contributed by atoms with E-state index in [1.165, 1.54) is 6.26 Å². The van der Waals surface area contributed by atoms with Gasteiger partial charge >= 0.3 is 0 Å². The van der Waals surface area contributed by atoms with E-state index < -0.39 is 9.84 Å². The third-order valence-corrected chi connectivity index (χ3v) is 5.23. The minimum Gasteiger partial charge on any atom is -0.381 e. The minimum atomic E-state index is -3.21. The van der Waals surface area contributed by atoms with Gasteiger partial charge in [0.15, 0.2) is 9.84 Å². The third-order valence-electron chi connectivity index (χ3n) is 3.11. The first-order valence-corrected chi connectivity index (χ1v) is 9.32. The van der Waals surface area contributed by atoms with Crippen molar-refractivity contribution < 1.29 is 8.42 Å². The Labute approximate surface area is 138 Å². The molecule has 0 fully saturated rings. The largest absolute Gasteiger partial charge is 0.381 e. The van der Waals surface area contributed by atoms with E-state index in [4.69, 9.17) is 11.6 Å². The van der Waals surface area contributed by atoms with Gasteiger partial charge in [0.25, 0.3) is 0 Å². The van der Waals surface area contributed by atoms with Crippen LogP contribution in [0.1, 0.15) is 11.1 Å². The molecular formula is C15H15BrClNO2S. The van der Waals surface area contributed by atoms with Crippen LogP contribution in [-0.4, -0.2) is 14.7 Å². The Morgan fingerprint density at radius 1 is 1.19 bits per heavy atom. The highest BCUT2D eigenvalue weighted by Crippen LogP contribution is 2.24. The fraction of sp³-hybridized carbons (Fsp3) is 0.200. The Morgan fingerprint density at radius 2 is 1.90 bits per heavy atom. The quantitative estimate of drug-likeness (QED) is 0.843. The Morgan fingerprint density at radius 3 is 2.57 bits per heavy atom. The van der Waals surface area contributed by atoms with Crippen molar-refractivity contribution in [2.45, 2.75) is 18.4 Å². The minimum absolute atomic E-state index is 0.306. The van der Waals surface area contributed by atoms with Crippen LogP contribution in [0.3, 0.4) is 0 Å². The molecule has 0 bridgehead atoms. The van der Waals surface area contributed by atoms with Crippen molar-refractivity contribution in [3.63, 3.8) is 0 Å². The van der Waals surface area contributed by atoms with Crippen molar-refractivity contribution >= 4 is 43.1 Å². The van der Waals surface area contributed by atoms with E-state index in [9.17, 15) is 8.42 Å². The number of aryl methyl sites for hydroxylation is 1. The lowest BCUT2D eigenvalue weighted by molar-refractivity contribution is 0.602. The first-order chi connectivity index (χ1) is 9.77. The van der Waals surface area contributed by atoms with Crippen molar-refractivity contribution in [3.8, 4) is 0 Å². The molecule has 3 nitrogen and oxygen atoms in total. The molecule has 2 rings (SSSR count). The van der Waals surface area contributed by atoms with Crippen molar-refractivity contribution in [1.29, 1.82) is 0 Å². The molecule has 2 aromatic rings. The first kappa shape index (κ1) is 16.3. The third kappa shape index (κ3) is 4.22. The predicted molar refractivity (Wildman–Crippen MR) is 90.8 cm³/mol. The van der Waals surface area contributed by atoms with Gasteiger partial charge < -0.3 is 5.32 Å². The second kappa shape index (κ2) is 6.38. The van der Waals surface area contributed by atoms with Crippen molar-refractivity contribution in [1.82, 2.24) is 0 Å². The smallest absolute Gasteiger partial charge is 0.175 e. The molecule has 21 heavy (non-hydrogen) atoms. The topological polar surface area (TPSA) is 46.2 Å². The Kier molecular flexibility index (Phi) is 4.96. The summed E-state index contributed by atoms with van der Waals surface area (Å²) in [5.41, 5.74) is 2.79. The fourth-order valence-corrected chi connectivity index (χ4v) is 3.12. The van der Waals surface area contributed by atoms with Crippen LogP contribution in [0.25, 0.3) is 0 Å². The molecule has 0 radical (unpaired) electrons. The summed E-state index contributed by atoms with van der Waals surface area (Å²) in [5.74, 6) is 0. The molecule has 0 aliphatic rings. The molecule has 1 N–H and O–H groups in total. The summed E-state index contributed by atoms with van der Waals surface area (Å²) in [6.07, 6.45) is 1.20. The summed E-state index contributed by atoms with van der Waals surface area (Å²) in [5, 5.41) is 3.92. The highest BCUT2D eigenvalue weighted by atomic mass is 79.9. The van der Waals surface area contributed by atoms with Gasteiger partial charge in [-0.25, -0.2) is 8.42 Å². The number of sulfone groups is 1. The van der Waals surface area contributed by atoms with Crippen LogP contribution < -0.4 is 5.32 Å². The number of benzene rings is 2. The second-order valence-electron chi connectivity index (χ2n) is 4.84. The Bertz CT molecular complexity index is 775. The van der Waals surface area contributed by atoms with Gasteiger partial charge in [-0.05, 0) is 48.4 Å². The Hall–Kier alpha value is -1.04. The molecule has 112 valence electrons. The summed E-state index contributed by atoms with van der Waals surface area (Å²) < 4.78 is 24.2. The van der Waals surface area contributed by atoms with Gasteiger partial charge in [0.05, 0.1) is 4.90 Å². The van der Waals surface area contributed by atoms with Crippen LogP contribution in [0.5, 0.6) is 0 Å². The molecule has 0 aliphatic carbocycles. The highest BCUT2D eigenvalue weighted by molar-refractivity contribution is 9.10. The lowest BCUT2D eigenvalue weighted by Crippen LogP contribution is -2.04. The van der Waals surface area contributed by atoms with Gasteiger partial charge in [0, 0.05) is 28.0 Å². The lowest BCUT2D eigenvalue weighted by Gasteiger charge is -2.12. The zero-order chi connectivity index (χ0) is 15.6. The van der Waals surface area contributed by atoms with Crippen molar-refractivity contribution in [2.75, 3.05) is 11.6 Å². The lowest BCUT2D eigenvalue weighted by atomic mass is 10.2. The summed E-state index contributed by atoms with van der Waals surface area (Å²) in [7, 11) is -3.21. The van der Waals surface area contributed by atoms with Gasteiger partial charge in [-0.1, -0.05) is 33.6 Å². The average Bonchev–Trinajstić information content (AvgIpc) is 2.40. The monoisotopic (exact) mass is 387 g/mol. The van der Waals surface area contributed by atoms with Crippen LogP contribution >= 0.6 is 27.5 Å². The Balaban J connectivity index is 2.26. The summed E-state index contributed by atoms with van der Waals surface area (Å²) >= 11 is 9.46. The number of halogens is 2. The molecule has 0 amide bonds. The van der Waals surface area contributed by atoms with Crippen molar-refractivity contribution in [3.05, 3.63) is 57.0 Å². The molecule has 0 saturated carbocycles. The molecule has 0 unspecified atom stereocenters. The summed E-state index contributed by atoms with van der Waals surface area (Å²) in [4.78, 5) is 0.306. The molecule has 6 heteroatoms. The molecule has 0 aliphatic heterocycles. The zero-order valence-corrected chi connectivity index (χ0v) is 14.8. The van der Waals surface area contributed by atoms with Crippen molar-refractivity contribution in [2.24, 2.45) is 0 Å². The summed E-state index contributed by atoms with van der Waals surface area (Å²) in [6.45, 7) is 2.48. The molecule has 0 aromatic heterocycles. The SMILES string of the molecule is Cc1ccc(S(C)(=O)=O)cc1NCc1cc(Cl)ccc1Br. The van der Waals surface area contributed by atoms with Gasteiger partial charge in [0.2, 0.25) is 0 Å². The van der Waals surface area contributed by atoms with Gasteiger partial charge in [-0.2, -0.15) is 0 Å². The molecule has 0 heterocycles. The van der Waals surface area contributed by atoms with E-state index in [0.717, 1.165) is 21.3 Å². The number of hydrogen-bond acceptors (Lipinski definition) is 3. The van der Waals surface area contributed by atoms with Crippen LogP contribution in [0, 0.1) is 6.92 Å². The van der Waals surface area contributed by atoms with Crippen LogP contribution in [-0.2, 0) is 16.4 Å². The van der Waals surface area contributed by atoms with Crippen LogP contribution in [0.2, 0.25) is 5.02 Å². The maximum Gasteiger partial charge on any atom is 0.175 e.